The Morgan fingerprint density at radius 1 is 1.19 bits per heavy atom. The van der Waals surface area contributed by atoms with Gasteiger partial charge in [-0.15, -0.1) is 0 Å². The lowest BCUT2D eigenvalue weighted by Gasteiger charge is -2.26. The molecule has 0 spiro atoms. The smallest absolute Gasteiger partial charge is 0.305 e. The molecule has 0 aromatic heterocycles. The molecule has 6 heteroatoms. The highest BCUT2D eigenvalue weighted by Crippen LogP contribution is 2.22. The predicted octanol–water partition coefficient (Wildman–Crippen LogP) is 3.39. The van der Waals surface area contributed by atoms with Crippen molar-refractivity contribution >= 4 is 11.9 Å². The van der Waals surface area contributed by atoms with Crippen LogP contribution in [0.15, 0.2) is 29.3 Å². The maximum Gasteiger partial charge on any atom is 0.305 e. The SMILES string of the molecule is CN=C(NCCCCCCC(=O)OC)NCC(C)(C)c1cccc(F)c1. The molecule has 0 aliphatic heterocycles. The zero-order chi connectivity index (χ0) is 19.4. The Bertz CT molecular complexity index is 588. The van der Waals surface area contributed by atoms with Crippen LogP contribution in [0.2, 0.25) is 0 Å². The Balaban J connectivity index is 2.27. The first-order valence-electron chi connectivity index (χ1n) is 9.16. The molecule has 1 aromatic carbocycles. The molecule has 0 radical (unpaired) electrons. The number of guanidine groups is 1. The van der Waals surface area contributed by atoms with Crippen molar-refractivity contribution in [2.24, 2.45) is 4.99 Å². The summed E-state index contributed by atoms with van der Waals surface area (Å²) in [6.07, 6.45) is 4.42. The lowest BCUT2D eigenvalue weighted by atomic mass is 9.84. The summed E-state index contributed by atoms with van der Waals surface area (Å²) in [5, 5.41) is 6.60. The number of aliphatic imine (C=N–C) groups is 1. The van der Waals surface area contributed by atoms with Gasteiger partial charge in [0.1, 0.15) is 5.82 Å². The molecule has 0 unspecified atom stereocenters. The monoisotopic (exact) mass is 365 g/mol. The molecule has 1 aromatic rings. The second-order valence-electron chi connectivity index (χ2n) is 6.99. The van der Waals surface area contributed by atoms with Crippen molar-refractivity contribution < 1.29 is 13.9 Å². The quantitative estimate of drug-likeness (QED) is 0.289. The highest BCUT2D eigenvalue weighted by Gasteiger charge is 2.21. The fourth-order valence-electron chi connectivity index (χ4n) is 2.59. The van der Waals surface area contributed by atoms with Crippen LogP contribution in [0.5, 0.6) is 0 Å². The highest BCUT2D eigenvalue weighted by atomic mass is 19.1. The number of nitrogens with zero attached hydrogens (tertiary/aromatic N) is 1. The summed E-state index contributed by atoms with van der Waals surface area (Å²) >= 11 is 0. The summed E-state index contributed by atoms with van der Waals surface area (Å²) in [5.74, 6) is 0.378. The van der Waals surface area contributed by atoms with Gasteiger partial charge in [-0.05, 0) is 30.5 Å². The number of benzene rings is 1. The van der Waals surface area contributed by atoms with Crippen molar-refractivity contribution in [2.75, 3.05) is 27.2 Å². The van der Waals surface area contributed by atoms with Gasteiger partial charge in [0.2, 0.25) is 0 Å². The highest BCUT2D eigenvalue weighted by molar-refractivity contribution is 5.79. The van der Waals surface area contributed by atoms with Crippen LogP contribution in [-0.4, -0.2) is 39.2 Å². The molecule has 0 bridgehead atoms. The number of esters is 1. The largest absolute Gasteiger partial charge is 0.469 e. The fourth-order valence-corrected chi connectivity index (χ4v) is 2.59. The predicted molar refractivity (Wildman–Crippen MR) is 104 cm³/mol. The molecule has 0 heterocycles. The topological polar surface area (TPSA) is 62.7 Å². The molecule has 5 nitrogen and oxygen atoms in total. The number of halogens is 1. The average Bonchev–Trinajstić information content (AvgIpc) is 2.63. The van der Waals surface area contributed by atoms with Crippen LogP contribution >= 0.6 is 0 Å². The number of nitrogens with one attached hydrogen (secondary N) is 2. The molecule has 0 atom stereocenters. The number of carbonyl (C=O) groups is 1. The van der Waals surface area contributed by atoms with Crippen LogP contribution in [0, 0.1) is 5.82 Å². The zero-order valence-corrected chi connectivity index (χ0v) is 16.4. The molecule has 0 aliphatic carbocycles. The van der Waals surface area contributed by atoms with Gasteiger partial charge in [0.15, 0.2) is 5.96 Å². The number of carbonyl (C=O) groups excluding carboxylic acids is 1. The molecule has 26 heavy (non-hydrogen) atoms. The Morgan fingerprint density at radius 3 is 2.58 bits per heavy atom. The van der Waals surface area contributed by atoms with Gasteiger partial charge in [0, 0.05) is 32.0 Å². The van der Waals surface area contributed by atoms with Crippen molar-refractivity contribution in [1.29, 1.82) is 0 Å². The molecular weight excluding hydrogens is 333 g/mol. The normalized spacial score (nSPS) is 12.0. The third-order valence-electron chi connectivity index (χ3n) is 4.36. The van der Waals surface area contributed by atoms with Gasteiger partial charge >= 0.3 is 5.97 Å². The standard InChI is InChI=1S/C20H32FN3O2/c1-20(2,16-10-9-11-17(21)14-16)15-24-19(22-3)23-13-8-6-5-7-12-18(25)26-4/h9-11,14H,5-8,12-13,15H2,1-4H3,(H2,22,23,24). The minimum Gasteiger partial charge on any atom is -0.469 e. The molecule has 0 fully saturated rings. The molecule has 1 rings (SSSR count). The van der Waals surface area contributed by atoms with E-state index in [9.17, 15) is 9.18 Å². The first-order valence-corrected chi connectivity index (χ1v) is 9.16. The lowest BCUT2D eigenvalue weighted by Crippen LogP contribution is -2.43. The second-order valence-corrected chi connectivity index (χ2v) is 6.99. The number of unbranched alkanes of at least 4 members (excludes halogenated alkanes) is 3. The van der Waals surface area contributed by atoms with Crippen LogP contribution in [-0.2, 0) is 14.9 Å². The summed E-state index contributed by atoms with van der Waals surface area (Å²) < 4.78 is 18.1. The van der Waals surface area contributed by atoms with E-state index in [1.165, 1.54) is 13.2 Å². The first-order chi connectivity index (χ1) is 12.4. The van der Waals surface area contributed by atoms with E-state index in [2.05, 4.69) is 34.2 Å². The Labute approximate surface area is 156 Å². The van der Waals surface area contributed by atoms with Crippen LogP contribution in [0.1, 0.15) is 51.5 Å². The van der Waals surface area contributed by atoms with E-state index in [-0.39, 0.29) is 17.2 Å². The average molecular weight is 365 g/mol. The molecule has 0 amide bonds. The Hall–Kier alpha value is -2.11. The Kier molecular flexibility index (Phi) is 9.70. The van der Waals surface area contributed by atoms with Crippen molar-refractivity contribution in [3.8, 4) is 0 Å². The van der Waals surface area contributed by atoms with E-state index < -0.39 is 0 Å². The van der Waals surface area contributed by atoms with E-state index in [1.54, 1.807) is 19.2 Å². The first kappa shape index (κ1) is 21.9. The van der Waals surface area contributed by atoms with Gasteiger partial charge in [-0.1, -0.05) is 38.8 Å². The second kappa shape index (κ2) is 11.5. The van der Waals surface area contributed by atoms with Gasteiger partial charge in [-0.3, -0.25) is 9.79 Å². The van der Waals surface area contributed by atoms with Crippen LogP contribution < -0.4 is 10.6 Å². The summed E-state index contributed by atoms with van der Waals surface area (Å²) in [6, 6.07) is 6.71. The van der Waals surface area contributed by atoms with Crippen molar-refractivity contribution in [2.45, 2.75) is 51.4 Å². The van der Waals surface area contributed by atoms with Crippen LogP contribution in [0.25, 0.3) is 0 Å². The zero-order valence-electron chi connectivity index (χ0n) is 16.4. The van der Waals surface area contributed by atoms with Crippen molar-refractivity contribution in [3.05, 3.63) is 35.6 Å². The van der Waals surface area contributed by atoms with E-state index >= 15 is 0 Å². The van der Waals surface area contributed by atoms with Gasteiger partial charge in [0.05, 0.1) is 7.11 Å². The third-order valence-corrected chi connectivity index (χ3v) is 4.36. The fraction of sp³-hybridized carbons (Fsp3) is 0.600. The molecule has 0 aliphatic rings. The maximum absolute atomic E-state index is 13.4. The molecule has 2 N–H and O–H groups in total. The van der Waals surface area contributed by atoms with E-state index in [0.717, 1.165) is 43.8 Å². The van der Waals surface area contributed by atoms with Crippen LogP contribution in [0.3, 0.4) is 0 Å². The number of rotatable bonds is 10. The minimum absolute atomic E-state index is 0.145. The van der Waals surface area contributed by atoms with Crippen molar-refractivity contribution in [1.82, 2.24) is 10.6 Å². The maximum atomic E-state index is 13.4. The summed E-state index contributed by atoms with van der Waals surface area (Å²) in [6.45, 7) is 5.61. The van der Waals surface area contributed by atoms with E-state index in [4.69, 9.17) is 0 Å². The third kappa shape index (κ3) is 8.32. The number of methoxy groups -OCH3 is 1. The van der Waals surface area contributed by atoms with Gasteiger partial charge in [-0.2, -0.15) is 0 Å². The molecule has 146 valence electrons. The molecule has 0 saturated carbocycles. The van der Waals surface area contributed by atoms with Gasteiger partial charge in [0.25, 0.3) is 0 Å². The number of ether oxygens (including phenoxy) is 1. The summed E-state index contributed by atoms with van der Waals surface area (Å²) in [4.78, 5) is 15.3. The van der Waals surface area contributed by atoms with Crippen molar-refractivity contribution in [3.63, 3.8) is 0 Å². The Morgan fingerprint density at radius 2 is 1.92 bits per heavy atom. The molecule has 0 saturated heterocycles. The molecular formula is C20H32FN3O2. The van der Waals surface area contributed by atoms with E-state index in [1.807, 2.05) is 6.07 Å². The number of hydrogen-bond donors (Lipinski definition) is 2. The lowest BCUT2D eigenvalue weighted by molar-refractivity contribution is -0.140. The summed E-state index contributed by atoms with van der Waals surface area (Å²) in [5.41, 5.74) is 0.735. The van der Waals surface area contributed by atoms with Gasteiger partial charge < -0.3 is 15.4 Å². The number of hydrogen-bond acceptors (Lipinski definition) is 3. The van der Waals surface area contributed by atoms with E-state index in [0.29, 0.717) is 13.0 Å². The van der Waals surface area contributed by atoms with Gasteiger partial charge in [-0.25, -0.2) is 4.39 Å². The van der Waals surface area contributed by atoms with Crippen LogP contribution in [0.4, 0.5) is 4.39 Å². The summed E-state index contributed by atoms with van der Waals surface area (Å²) in [7, 11) is 3.15. The minimum atomic E-state index is -0.217.